The van der Waals surface area contributed by atoms with Gasteiger partial charge in [-0.15, -0.1) is 0 Å². The van der Waals surface area contributed by atoms with Gasteiger partial charge in [-0.2, -0.15) is 9.97 Å². The largest absolute Gasteiger partial charge is 0.456 e. The fourth-order valence-electron chi connectivity index (χ4n) is 5.21. The van der Waals surface area contributed by atoms with E-state index in [1.165, 1.54) is 24.2 Å². The van der Waals surface area contributed by atoms with Gasteiger partial charge >= 0.3 is 6.01 Å². The number of ether oxygens (including phenoxy) is 1. The number of likely N-dealkylation sites (tertiary alicyclic amines) is 1. The van der Waals surface area contributed by atoms with E-state index in [0.717, 1.165) is 71.4 Å². The Bertz CT molecular complexity index is 1200. The Kier molecular flexibility index (Phi) is 8.48. The van der Waals surface area contributed by atoms with Gasteiger partial charge in [-0.1, -0.05) is 61.1 Å². The lowest BCUT2D eigenvalue weighted by atomic mass is 9.89. The highest BCUT2D eigenvalue weighted by atomic mass is 32.1. The molecule has 2 N–H and O–H groups in total. The Balaban J connectivity index is 1.47. The maximum Gasteiger partial charge on any atom is 0.319 e. The maximum absolute atomic E-state index is 10.4. The third kappa shape index (κ3) is 6.37. The van der Waals surface area contributed by atoms with Gasteiger partial charge in [0.2, 0.25) is 0 Å². The average Bonchev–Trinajstić information content (AvgIpc) is 3.35. The average molecular weight is 520 g/mol. The van der Waals surface area contributed by atoms with Crippen LogP contribution in [0, 0.1) is 0 Å². The molecule has 0 spiro atoms. The highest BCUT2D eigenvalue weighted by Crippen LogP contribution is 2.36. The summed E-state index contributed by atoms with van der Waals surface area (Å²) in [5.41, 5.74) is 3.15. The molecule has 3 heterocycles. The summed E-state index contributed by atoms with van der Waals surface area (Å²) in [7, 11) is 2.21. The van der Waals surface area contributed by atoms with Gasteiger partial charge in [0, 0.05) is 24.1 Å². The molecule has 1 saturated heterocycles. The van der Waals surface area contributed by atoms with Crippen LogP contribution in [-0.4, -0.2) is 57.3 Å². The molecule has 3 aliphatic rings. The second-order valence-electron chi connectivity index (χ2n) is 10.0. The summed E-state index contributed by atoms with van der Waals surface area (Å²) in [6, 6.07) is 0.419. The minimum Gasteiger partial charge on any atom is -0.456 e. The topological polar surface area (TPSA) is 83.4 Å². The second-order valence-corrected chi connectivity index (χ2v) is 11.0. The lowest BCUT2D eigenvalue weighted by molar-refractivity contribution is 0.228. The quantitative estimate of drug-likeness (QED) is 0.479. The van der Waals surface area contributed by atoms with Gasteiger partial charge in [-0.3, -0.25) is 0 Å². The maximum atomic E-state index is 10.4. The molecule has 2 aromatic rings. The van der Waals surface area contributed by atoms with Crippen LogP contribution in [0.1, 0.15) is 67.5 Å². The molecule has 8 heteroatoms. The summed E-state index contributed by atoms with van der Waals surface area (Å²) in [4.78, 5) is 17.9. The van der Waals surface area contributed by atoms with Crippen molar-refractivity contribution in [3.63, 3.8) is 0 Å². The van der Waals surface area contributed by atoms with Gasteiger partial charge in [-0.25, -0.2) is 4.98 Å². The molecule has 2 aromatic heterocycles. The van der Waals surface area contributed by atoms with Crippen LogP contribution in [-0.2, 0) is 6.42 Å². The predicted octanol–water partition coefficient (Wildman–Crippen LogP) is 5.80. The molecule has 1 fully saturated rings. The standard InChI is InChI=1S/C29H37N5O2S/c1-3-22-26(20-11-9-10-17-34(2)18-16-20)31-28(36-21-12-5-4-6-13-21)32-27(22)33-29-30-19-25(37-29)23-14-7-8-15-24(23)35/h4-8,12,14,19-21,24,35H,3,9-11,13,15-18H2,1-2H3,(H,30,31,32,33). The van der Waals surface area contributed by atoms with E-state index >= 15 is 0 Å². The molecule has 3 unspecified atom stereocenters. The molecular formula is C29H37N5O2S. The van der Waals surface area contributed by atoms with Crippen LogP contribution in [0.5, 0.6) is 6.01 Å². The van der Waals surface area contributed by atoms with Gasteiger partial charge in [0.1, 0.15) is 11.9 Å². The Morgan fingerprint density at radius 3 is 2.81 bits per heavy atom. The molecule has 37 heavy (non-hydrogen) atoms. The van der Waals surface area contributed by atoms with E-state index in [4.69, 9.17) is 14.7 Å². The van der Waals surface area contributed by atoms with Crippen molar-refractivity contribution in [2.24, 2.45) is 0 Å². The van der Waals surface area contributed by atoms with Crippen molar-refractivity contribution in [1.29, 1.82) is 0 Å². The lowest BCUT2D eigenvalue weighted by Gasteiger charge is -2.27. The number of nitrogens with one attached hydrogen (secondary N) is 1. The zero-order chi connectivity index (χ0) is 25.6. The molecular weight excluding hydrogens is 482 g/mol. The van der Waals surface area contributed by atoms with Gasteiger partial charge in [0.05, 0.1) is 16.7 Å². The molecule has 2 aliphatic carbocycles. The van der Waals surface area contributed by atoms with Crippen molar-refractivity contribution in [1.82, 2.24) is 19.9 Å². The smallest absolute Gasteiger partial charge is 0.319 e. The van der Waals surface area contributed by atoms with E-state index in [1.54, 1.807) is 0 Å². The van der Waals surface area contributed by atoms with Crippen LogP contribution >= 0.6 is 11.3 Å². The highest BCUT2D eigenvalue weighted by molar-refractivity contribution is 7.16. The molecule has 3 atom stereocenters. The third-order valence-electron chi connectivity index (χ3n) is 7.30. The van der Waals surface area contributed by atoms with Crippen LogP contribution in [0.3, 0.4) is 0 Å². The molecule has 196 valence electrons. The monoisotopic (exact) mass is 519 g/mol. The molecule has 5 rings (SSSR count). The Morgan fingerprint density at radius 2 is 2.00 bits per heavy atom. The molecule has 0 bridgehead atoms. The Labute approximate surface area is 223 Å². The summed E-state index contributed by atoms with van der Waals surface area (Å²) < 4.78 is 6.28. The number of anilines is 2. The van der Waals surface area contributed by atoms with E-state index in [0.29, 0.717) is 18.3 Å². The fourth-order valence-corrected chi connectivity index (χ4v) is 6.10. The van der Waals surface area contributed by atoms with Crippen molar-refractivity contribution >= 4 is 27.9 Å². The van der Waals surface area contributed by atoms with Crippen LogP contribution < -0.4 is 10.1 Å². The highest BCUT2D eigenvalue weighted by Gasteiger charge is 2.25. The summed E-state index contributed by atoms with van der Waals surface area (Å²) in [6.07, 6.45) is 22.3. The number of aliphatic hydroxyl groups excluding tert-OH is 1. The predicted molar refractivity (Wildman–Crippen MR) is 151 cm³/mol. The van der Waals surface area contributed by atoms with Gasteiger partial charge < -0.3 is 20.1 Å². The van der Waals surface area contributed by atoms with Gasteiger partial charge in [0.15, 0.2) is 5.13 Å². The third-order valence-corrected chi connectivity index (χ3v) is 8.27. The number of aliphatic hydroxyl groups is 1. The molecule has 1 aliphatic heterocycles. The second kappa shape index (κ2) is 12.2. The zero-order valence-electron chi connectivity index (χ0n) is 21.8. The van der Waals surface area contributed by atoms with E-state index in [9.17, 15) is 5.11 Å². The number of hydrogen-bond acceptors (Lipinski definition) is 8. The summed E-state index contributed by atoms with van der Waals surface area (Å²) in [5.74, 6) is 1.14. The van der Waals surface area contributed by atoms with Gasteiger partial charge in [-0.05, 0) is 63.9 Å². The van der Waals surface area contributed by atoms with Gasteiger partial charge in [0.25, 0.3) is 0 Å². The Morgan fingerprint density at radius 1 is 1.11 bits per heavy atom. The molecule has 0 saturated carbocycles. The summed E-state index contributed by atoms with van der Waals surface area (Å²) in [6.45, 7) is 4.39. The van der Waals surface area contributed by atoms with Crippen molar-refractivity contribution in [2.75, 3.05) is 25.5 Å². The lowest BCUT2D eigenvalue weighted by Crippen LogP contribution is -2.26. The van der Waals surface area contributed by atoms with Crippen LogP contribution in [0.2, 0.25) is 0 Å². The Hall–Kier alpha value is -2.81. The SMILES string of the molecule is CCc1c(Nc2ncc(C3=CC=CCC3O)s2)nc(OC2C=CC=CC2)nc1C1CCCCN(C)CC1. The summed E-state index contributed by atoms with van der Waals surface area (Å²) >= 11 is 1.53. The fraction of sp³-hybridized carbons (Fsp3) is 0.483. The number of allylic oxidation sites excluding steroid dienone is 4. The molecule has 0 radical (unpaired) electrons. The van der Waals surface area contributed by atoms with Crippen LogP contribution in [0.15, 0.2) is 48.7 Å². The first kappa shape index (κ1) is 25.8. The molecule has 0 aromatic carbocycles. The van der Waals surface area contributed by atoms with Crippen LogP contribution in [0.25, 0.3) is 5.57 Å². The molecule has 7 nitrogen and oxygen atoms in total. The number of hydrogen-bond donors (Lipinski definition) is 2. The van der Waals surface area contributed by atoms with E-state index in [1.807, 2.05) is 36.6 Å². The number of rotatable bonds is 7. The van der Waals surface area contributed by atoms with Crippen molar-refractivity contribution in [2.45, 2.75) is 70.0 Å². The number of nitrogens with zero attached hydrogens (tertiary/aromatic N) is 4. The molecule has 0 amide bonds. The number of aromatic nitrogens is 3. The first-order valence-corrected chi connectivity index (χ1v) is 14.3. The zero-order valence-corrected chi connectivity index (χ0v) is 22.6. The van der Waals surface area contributed by atoms with E-state index in [-0.39, 0.29) is 6.10 Å². The normalized spacial score (nSPS) is 24.4. The van der Waals surface area contributed by atoms with Crippen molar-refractivity contribution in [3.8, 4) is 6.01 Å². The first-order valence-electron chi connectivity index (χ1n) is 13.5. The van der Waals surface area contributed by atoms with Crippen molar-refractivity contribution < 1.29 is 9.84 Å². The first-order chi connectivity index (χ1) is 18.1. The minimum absolute atomic E-state index is 0.0686. The van der Waals surface area contributed by atoms with Crippen molar-refractivity contribution in [3.05, 3.63) is 64.9 Å². The summed E-state index contributed by atoms with van der Waals surface area (Å²) in [5, 5.41) is 14.7. The van der Waals surface area contributed by atoms with Crippen LogP contribution in [0.4, 0.5) is 10.9 Å². The number of thiazole rings is 1. The van der Waals surface area contributed by atoms with E-state index in [2.05, 4.69) is 41.3 Å². The van der Waals surface area contributed by atoms with E-state index < -0.39 is 6.10 Å². The minimum atomic E-state index is -0.495.